The minimum absolute atomic E-state index is 0.144. The van der Waals surface area contributed by atoms with Crippen LogP contribution < -0.4 is 0 Å². The van der Waals surface area contributed by atoms with Gasteiger partial charge in [0.25, 0.3) is 0 Å². The number of carbonyl (C=O) groups is 2. The molecule has 0 aliphatic heterocycles. The number of fused-ring (bicyclic) bond motifs is 2. The highest BCUT2D eigenvalue weighted by atomic mass is 16.1. The van der Waals surface area contributed by atoms with Gasteiger partial charge in [0.1, 0.15) is 0 Å². The second-order valence-corrected chi connectivity index (χ2v) is 13.6. The van der Waals surface area contributed by atoms with Gasteiger partial charge in [0, 0.05) is 24.0 Å². The van der Waals surface area contributed by atoms with Crippen molar-refractivity contribution in [2.75, 3.05) is 0 Å². The van der Waals surface area contributed by atoms with E-state index in [0.717, 1.165) is 30.4 Å². The van der Waals surface area contributed by atoms with Crippen LogP contribution in [0.25, 0.3) is 0 Å². The maximum absolute atomic E-state index is 12.5. The normalized spacial score (nSPS) is 16.8. The molecular weight excluding hydrogens is 464 g/mol. The Morgan fingerprint density at radius 3 is 1.74 bits per heavy atom. The van der Waals surface area contributed by atoms with Crippen LogP contribution in [0.3, 0.4) is 0 Å². The lowest BCUT2D eigenvalue weighted by atomic mass is 9.77. The molecule has 2 aliphatic rings. The van der Waals surface area contributed by atoms with E-state index in [9.17, 15) is 9.59 Å². The van der Waals surface area contributed by atoms with Crippen molar-refractivity contribution in [2.24, 2.45) is 0 Å². The zero-order valence-corrected chi connectivity index (χ0v) is 26.4. The van der Waals surface area contributed by atoms with Crippen LogP contribution in [0.1, 0.15) is 172 Å². The molecule has 0 N–H and O–H groups in total. The number of rotatable bonds is 6. The lowest BCUT2D eigenvalue weighted by Crippen LogP contribution is -2.19. The van der Waals surface area contributed by atoms with Crippen LogP contribution in [0, 0.1) is 13.8 Å². The monoisotopic (exact) mass is 516 g/mol. The van der Waals surface area contributed by atoms with Crippen molar-refractivity contribution in [2.45, 2.75) is 144 Å². The Hall–Kier alpha value is -2.22. The molecular formula is C36H52O2. The van der Waals surface area contributed by atoms with Crippen molar-refractivity contribution < 1.29 is 9.59 Å². The number of hydrogen-bond acceptors (Lipinski definition) is 2. The van der Waals surface area contributed by atoms with Crippen molar-refractivity contribution in [3.63, 3.8) is 0 Å². The van der Waals surface area contributed by atoms with Crippen molar-refractivity contribution in [3.05, 3.63) is 67.8 Å². The summed E-state index contributed by atoms with van der Waals surface area (Å²) < 4.78 is 0. The van der Waals surface area contributed by atoms with Gasteiger partial charge in [-0.3, -0.25) is 9.59 Å². The van der Waals surface area contributed by atoms with Crippen molar-refractivity contribution in [1.82, 2.24) is 0 Å². The Bertz CT molecular complexity index is 1230. The molecule has 0 heterocycles. The molecule has 38 heavy (non-hydrogen) atoms. The second kappa shape index (κ2) is 11.1. The minimum atomic E-state index is 0.144. The first-order chi connectivity index (χ1) is 17.6. The fraction of sp³-hybridized carbons (Fsp3) is 0.611. The van der Waals surface area contributed by atoms with E-state index >= 15 is 0 Å². The summed E-state index contributed by atoms with van der Waals surface area (Å²) in [7, 11) is 0. The lowest BCUT2D eigenvalue weighted by Gasteiger charge is -2.26. The molecule has 0 saturated carbocycles. The maximum atomic E-state index is 12.5. The zero-order chi connectivity index (χ0) is 28.7. The van der Waals surface area contributed by atoms with Gasteiger partial charge in [-0.25, -0.2) is 0 Å². The van der Waals surface area contributed by atoms with E-state index in [0.29, 0.717) is 36.2 Å². The van der Waals surface area contributed by atoms with Crippen LogP contribution in [0.15, 0.2) is 12.1 Å². The quantitative estimate of drug-likeness (QED) is 0.358. The van der Waals surface area contributed by atoms with Gasteiger partial charge in [-0.05, 0) is 107 Å². The Labute approximate surface area is 233 Å². The Kier molecular flexibility index (Phi) is 8.86. The number of carbonyl (C=O) groups excluding carboxylic acids is 2. The Morgan fingerprint density at radius 2 is 1.21 bits per heavy atom. The van der Waals surface area contributed by atoms with Crippen LogP contribution in [-0.2, 0) is 23.7 Å². The molecule has 208 valence electrons. The van der Waals surface area contributed by atoms with Gasteiger partial charge >= 0.3 is 0 Å². The molecule has 2 aliphatic carbocycles. The molecule has 0 bridgehead atoms. The van der Waals surface area contributed by atoms with Gasteiger partial charge in [-0.2, -0.15) is 0 Å². The number of aryl methyl sites for hydroxylation is 1. The third kappa shape index (κ3) is 5.43. The van der Waals surface area contributed by atoms with Gasteiger partial charge in [0.15, 0.2) is 11.6 Å². The van der Waals surface area contributed by atoms with Gasteiger partial charge < -0.3 is 0 Å². The number of ketones is 2. The SMILES string of the molecule is CCC(=O)c1c(C(C)C)cc(C)c2c1C(C)(C)CC2.CCC(=O)c1c(C(C)C)cc2c(c1C)CCC2(C)C. The van der Waals surface area contributed by atoms with E-state index < -0.39 is 0 Å². The molecule has 0 unspecified atom stereocenters. The van der Waals surface area contributed by atoms with Crippen LogP contribution in [0.2, 0.25) is 0 Å². The largest absolute Gasteiger partial charge is 0.294 e. The maximum Gasteiger partial charge on any atom is 0.163 e. The van der Waals surface area contributed by atoms with E-state index in [-0.39, 0.29) is 10.8 Å². The average molecular weight is 517 g/mol. The van der Waals surface area contributed by atoms with Crippen LogP contribution in [-0.4, -0.2) is 11.6 Å². The standard InChI is InChI=1S/2C18H26O/c1-7-16(19)17-12(4)13-8-9-18(5,6)15(13)10-14(17)11(2)3;1-7-15(19)16-14(11(2)3)10-12(4)13-8-9-18(5,6)17(13)16/h2*10-11H,7-9H2,1-6H3. The summed E-state index contributed by atoms with van der Waals surface area (Å²) in [5.41, 5.74) is 13.3. The van der Waals surface area contributed by atoms with Gasteiger partial charge in [-0.1, -0.05) is 81.4 Å². The van der Waals surface area contributed by atoms with Crippen LogP contribution in [0.4, 0.5) is 0 Å². The molecule has 4 rings (SSSR count). The lowest BCUT2D eigenvalue weighted by molar-refractivity contribution is 0.0977. The molecule has 0 radical (unpaired) electrons. The molecule has 2 nitrogen and oxygen atoms in total. The molecule has 2 aromatic rings. The molecule has 0 fully saturated rings. The third-order valence-corrected chi connectivity index (χ3v) is 9.28. The molecule has 0 saturated heterocycles. The molecule has 0 aromatic heterocycles. The summed E-state index contributed by atoms with van der Waals surface area (Å²) in [6.45, 7) is 26.3. The van der Waals surface area contributed by atoms with E-state index in [2.05, 4.69) is 81.4 Å². The highest BCUT2D eigenvalue weighted by molar-refractivity contribution is 6.00. The first kappa shape index (κ1) is 30.3. The Morgan fingerprint density at radius 1 is 0.737 bits per heavy atom. The Balaban J connectivity index is 0.000000211. The van der Waals surface area contributed by atoms with Crippen molar-refractivity contribution in [1.29, 1.82) is 0 Å². The van der Waals surface area contributed by atoms with E-state index in [4.69, 9.17) is 0 Å². The predicted octanol–water partition coefficient (Wildman–Crippen LogP) is 9.87. The van der Waals surface area contributed by atoms with Crippen LogP contribution in [0.5, 0.6) is 0 Å². The van der Waals surface area contributed by atoms with Gasteiger partial charge in [-0.15, -0.1) is 0 Å². The summed E-state index contributed by atoms with van der Waals surface area (Å²) in [5, 5.41) is 0. The van der Waals surface area contributed by atoms with Gasteiger partial charge in [0.05, 0.1) is 0 Å². The topological polar surface area (TPSA) is 34.1 Å². The highest BCUT2D eigenvalue weighted by Gasteiger charge is 2.36. The second-order valence-electron chi connectivity index (χ2n) is 13.6. The summed E-state index contributed by atoms with van der Waals surface area (Å²) >= 11 is 0. The van der Waals surface area contributed by atoms with Crippen molar-refractivity contribution in [3.8, 4) is 0 Å². The summed E-state index contributed by atoms with van der Waals surface area (Å²) in [5.74, 6) is 1.43. The van der Waals surface area contributed by atoms with Crippen molar-refractivity contribution >= 4 is 11.6 Å². The number of hydrogen-bond donors (Lipinski definition) is 0. The molecule has 0 atom stereocenters. The van der Waals surface area contributed by atoms with Crippen LogP contribution >= 0.6 is 0 Å². The highest BCUT2D eigenvalue weighted by Crippen LogP contribution is 2.45. The first-order valence-corrected chi connectivity index (χ1v) is 15.0. The van der Waals surface area contributed by atoms with E-state index in [1.54, 1.807) is 0 Å². The molecule has 2 heteroatoms. The van der Waals surface area contributed by atoms with E-state index in [1.807, 2.05) is 13.8 Å². The molecule has 0 amide bonds. The van der Waals surface area contributed by atoms with Gasteiger partial charge in [0.2, 0.25) is 0 Å². The first-order valence-electron chi connectivity index (χ1n) is 15.0. The molecule has 0 spiro atoms. The summed E-state index contributed by atoms with van der Waals surface area (Å²) in [6.07, 6.45) is 5.81. The third-order valence-electron chi connectivity index (χ3n) is 9.28. The fourth-order valence-electron chi connectivity index (χ4n) is 6.83. The summed E-state index contributed by atoms with van der Waals surface area (Å²) in [4.78, 5) is 24.8. The van der Waals surface area contributed by atoms with E-state index in [1.165, 1.54) is 50.9 Å². The molecule has 2 aromatic carbocycles. The fourth-order valence-corrected chi connectivity index (χ4v) is 6.83. The number of Topliss-reactive ketones (excluding diaryl/α,β-unsaturated/α-hetero) is 2. The summed E-state index contributed by atoms with van der Waals surface area (Å²) in [6, 6.07) is 4.58. The zero-order valence-electron chi connectivity index (χ0n) is 26.4. The minimum Gasteiger partial charge on any atom is -0.294 e. The predicted molar refractivity (Wildman–Crippen MR) is 162 cm³/mol. The smallest absolute Gasteiger partial charge is 0.163 e. The number of benzene rings is 2. The average Bonchev–Trinajstić information content (AvgIpc) is 3.33.